The van der Waals surface area contributed by atoms with Gasteiger partial charge in [0.1, 0.15) is 22.3 Å². The van der Waals surface area contributed by atoms with Crippen molar-refractivity contribution in [2.75, 3.05) is 4.90 Å². The van der Waals surface area contributed by atoms with E-state index in [-0.39, 0.29) is 5.41 Å². The Bertz CT molecular complexity index is 3440. The Hall–Kier alpha value is -7.36. The van der Waals surface area contributed by atoms with Crippen LogP contribution in [0.25, 0.3) is 88.0 Å². The summed E-state index contributed by atoms with van der Waals surface area (Å²) in [7, 11) is 0. The second kappa shape index (κ2) is 12.3. The standard InChI is InChI=1S/C55H37NO2/c1-55(2)48-22-8-5-14-40(48)41-30-29-36(33-49(41)55)56(35-27-25-34(26-28-35)37-18-11-20-46-43-16-6-9-23-51(43)57-53(37)46)50-32-31-39(38-13-3-4-15-42(38)50)45-19-12-21-47-44-17-7-10-24-52(44)58-54(45)47/h3-33H,1-2H3. The maximum atomic E-state index is 6.57. The van der Waals surface area contributed by atoms with E-state index in [1.807, 2.05) is 18.2 Å². The fraction of sp³-hybridized carbons (Fsp3) is 0.0545. The fourth-order valence-electron chi connectivity index (χ4n) is 9.70. The summed E-state index contributed by atoms with van der Waals surface area (Å²) in [5, 5.41) is 6.85. The van der Waals surface area contributed by atoms with E-state index in [1.54, 1.807) is 0 Å². The first-order valence-electron chi connectivity index (χ1n) is 20.0. The zero-order valence-electron chi connectivity index (χ0n) is 32.2. The lowest BCUT2D eigenvalue weighted by atomic mass is 9.82. The average molecular weight is 744 g/mol. The summed E-state index contributed by atoms with van der Waals surface area (Å²) in [6, 6.07) is 67.7. The van der Waals surface area contributed by atoms with Gasteiger partial charge in [-0.15, -0.1) is 0 Å². The van der Waals surface area contributed by atoms with Gasteiger partial charge in [-0.1, -0.05) is 159 Å². The lowest BCUT2D eigenvalue weighted by Crippen LogP contribution is -2.16. The fourth-order valence-corrected chi connectivity index (χ4v) is 9.70. The van der Waals surface area contributed by atoms with Crippen LogP contribution in [0.5, 0.6) is 0 Å². The molecule has 0 amide bonds. The second-order valence-electron chi connectivity index (χ2n) is 16.0. The SMILES string of the molecule is CC1(C)c2ccccc2-c2ccc(N(c3ccc(-c4cccc5c4oc4ccccc45)cc3)c3ccc(-c4cccc5c4oc4ccccc45)c4ccccc34)cc21. The van der Waals surface area contributed by atoms with Crippen LogP contribution in [-0.2, 0) is 5.41 Å². The Morgan fingerprint density at radius 3 is 1.60 bits per heavy atom. The van der Waals surface area contributed by atoms with Crippen molar-refractivity contribution in [3.05, 3.63) is 199 Å². The highest BCUT2D eigenvalue weighted by molar-refractivity contribution is 6.14. The molecule has 0 aliphatic heterocycles. The van der Waals surface area contributed by atoms with Crippen molar-refractivity contribution in [3.63, 3.8) is 0 Å². The number of nitrogens with zero attached hydrogens (tertiary/aromatic N) is 1. The van der Waals surface area contributed by atoms with E-state index in [4.69, 9.17) is 8.83 Å². The van der Waals surface area contributed by atoms with Gasteiger partial charge in [-0.2, -0.15) is 0 Å². The third-order valence-electron chi connectivity index (χ3n) is 12.5. The Morgan fingerprint density at radius 2 is 0.879 bits per heavy atom. The van der Waals surface area contributed by atoms with Gasteiger partial charge >= 0.3 is 0 Å². The number of fused-ring (bicyclic) bond motifs is 10. The molecule has 1 aliphatic rings. The normalized spacial score (nSPS) is 13.1. The first-order valence-corrected chi connectivity index (χ1v) is 20.0. The molecule has 0 spiro atoms. The largest absolute Gasteiger partial charge is 0.455 e. The van der Waals surface area contributed by atoms with Crippen molar-refractivity contribution >= 4 is 71.7 Å². The van der Waals surface area contributed by atoms with Gasteiger partial charge < -0.3 is 13.7 Å². The van der Waals surface area contributed by atoms with Crippen LogP contribution < -0.4 is 4.90 Å². The van der Waals surface area contributed by atoms with Gasteiger partial charge in [0.15, 0.2) is 0 Å². The predicted octanol–water partition coefficient (Wildman–Crippen LogP) is 15.7. The minimum Gasteiger partial charge on any atom is -0.455 e. The monoisotopic (exact) mass is 743 g/mol. The van der Waals surface area contributed by atoms with Gasteiger partial charge in [0.05, 0.1) is 5.69 Å². The highest BCUT2D eigenvalue weighted by Crippen LogP contribution is 2.52. The van der Waals surface area contributed by atoms with Crippen molar-refractivity contribution in [1.82, 2.24) is 0 Å². The summed E-state index contributed by atoms with van der Waals surface area (Å²) in [6.07, 6.45) is 0. The highest BCUT2D eigenvalue weighted by atomic mass is 16.3. The average Bonchev–Trinajstić information content (AvgIpc) is 3.92. The van der Waals surface area contributed by atoms with Gasteiger partial charge in [0.25, 0.3) is 0 Å². The molecule has 12 rings (SSSR count). The Kier molecular flexibility index (Phi) is 6.98. The molecular weight excluding hydrogens is 707 g/mol. The zero-order valence-corrected chi connectivity index (χ0v) is 32.2. The number of rotatable bonds is 5. The van der Waals surface area contributed by atoms with Gasteiger partial charge in [-0.25, -0.2) is 0 Å². The number of furan rings is 2. The third kappa shape index (κ3) is 4.74. The number of benzene rings is 9. The van der Waals surface area contributed by atoms with Crippen molar-refractivity contribution in [2.24, 2.45) is 0 Å². The molecule has 0 N–H and O–H groups in total. The maximum absolute atomic E-state index is 6.57. The van der Waals surface area contributed by atoms with Crippen LogP contribution in [0.15, 0.2) is 197 Å². The summed E-state index contributed by atoms with van der Waals surface area (Å²) in [5.74, 6) is 0. The van der Waals surface area contributed by atoms with Crippen LogP contribution in [0.3, 0.4) is 0 Å². The molecule has 0 atom stereocenters. The molecule has 2 aromatic heterocycles. The quantitative estimate of drug-likeness (QED) is 0.176. The third-order valence-corrected chi connectivity index (χ3v) is 12.5. The summed E-state index contributed by atoms with van der Waals surface area (Å²) in [6.45, 7) is 4.70. The molecule has 2 heterocycles. The molecule has 58 heavy (non-hydrogen) atoms. The maximum Gasteiger partial charge on any atom is 0.143 e. The van der Waals surface area contributed by atoms with Crippen LogP contribution in [0.1, 0.15) is 25.0 Å². The Morgan fingerprint density at radius 1 is 0.362 bits per heavy atom. The van der Waals surface area contributed by atoms with E-state index in [0.29, 0.717) is 0 Å². The summed E-state index contributed by atoms with van der Waals surface area (Å²) >= 11 is 0. The summed E-state index contributed by atoms with van der Waals surface area (Å²) in [4.78, 5) is 2.43. The smallest absolute Gasteiger partial charge is 0.143 e. The van der Waals surface area contributed by atoms with E-state index in [0.717, 1.165) is 88.6 Å². The summed E-state index contributed by atoms with van der Waals surface area (Å²) < 4.78 is 13.0. The highest BCUT2D eigenvalue weighted by Gasteiger charge is 2.36. The Balaban J connectivity index is 1.05. The predicted molar refractivity (Wildman–Crippen MR) is 242 cm³/mol. The molecule has 0 bridgehead atoms. The van der Waals surface area contributed by atoms with Gasteiger partial charge in [0, 0.05) is 54.8 Å². The summed E-state index contributed by atoms with van der Waals surface area (Å²) in [5.41, 5.74) is 16.5. The molecule has 3 nitrogen and oxygen atoms in total. The van der Waals surface area contributed by atoms with Gasteiger partial charge in [0.2, 0.25) is 0 Å². The minimum atomic E-state index is -0.139. The van der Waals surface area contributed by atoms with Crippen molar-refractivity contribution in [3.8, 4) is 33.4 Å². The minimum absolute atomic E-state index is 0.139. The van der Waals surface area contributed by atoms with Crippen LogP contribution in [0.4, 0.5) is 17.1 Å². The lowest BCUT2D eigenvalue weighted by Gasteiger charge is -2.29. The van der Waals surface area contributed by atoms with Crippen molar-refractivity contribution in [1.29, 1.82) is 0 Å². The molecule has 3 heteroatoms. The first-order chi connectivity index (χ1) is 28.5. The van der Waals surface area contributed by atoms with E-state index in [9.17, 15) is 0 Å². The van der Waals surface area contributed by atoms with Crippen molar-refractivity contribution in [2.45, 2.75) is 19.3 Å². The Labute approximate surface area is 336 Å². The number of anilines is 3. The van der Waals surface area contributed by atoms with Crippen LogP contribution in [0, 0.1) is 0 Å². The molecule has 274 valence electrons. The molecule has 0 saturated heterocycles. The molecular formula is C55H37NO2. The van der Waals surface area contributed by atoms with E-state index >= 15 is 0 Å². The number of hydrogen-bond donors (Lipinski definition) is 0. The molecule has 11 aromatic rings. The first kappa shape index (κ1) is 32.8. The molecule has 0 unspecified atom stereocenters. The molecule has 9 aromatic carbocycles. The molecule has 0 saturated carbocycles. The molecule has 0 radical (unpaired) electrons. The number of hydrogen-bond acceptors (Lipinski definition) is 3. The second-order valence-corrected chi connectivity index (χ2v) is 16.0. The molecule has 0 fully saturated rings. The van der Waals surface area contributed by atoms with Crippen LogP contribution >= 0.6 is 0 Å². The number of para-hydroxylation sites is 4. The van der Waals surface area contributed by atoms with Crippen molar-refractivity contribution < 1.29 is 8.83 Å². The molecule has 1 aliphatic carbocycles. The van der Waals surface area contributed by atoms with E-state index in [1.165, 1.54) is 27.6 Å². The zero-order chi connectivity index (χ0) is 38.5. The van der Waals surface area contributed by atoms with Gasteiger partial charge in [-0.05, 0) is 81.2 Å². The van der Waals surface area contributed by atoms with Crippen LogP contribution in [0.2, 0.25) is 0 Å². The van der Waals surface area contributed by atoms with E-state index < -0.39 is 0 Å². The van der Waals surface area contributed by atoms with E-state index in [2.05, 4.69) is 189 Å². The topological polar surface area (TPSA) is 29.5 Å². The lowest BCUT2D eigenvalue weighted by molar-refractivity contribution is 0.660. The van der Waals surface area contributed by atoms with Gasteiger partial charge in [-0.3, -0.25) is 0 Å². The van der Waals surface area contributed by atoms with Crippen LogP contribution in [-0.4, -0.2) is 0 Å².